The standard InChI is InChI=1S/C15H22N4O/c1-3-19-11-13(10-17-19)14(18-16)15(20-4-2)12-8-6-5-7-9-12/h5-11,14-15,18H,3-4,16H2,1-2H3. The van der Waals surface area contributed by atoms with E-state index in [1.165, 1.54) is 0 Å². The zero-order valence-electron chi connectivity index (χ0n) is 12.0. The van der Waals surface area contributed by atoms with Crippen LogP contribution < -0.4 is 11.3 Å². The summed E-state index contributed by atoms with van der Waals surface area (Å²) in [6.45, 7) is 5.50. The second-order valence-corrected chi connectivity index (χ2v) is 4.56. The molecule has 2 atom stereocenters. The van der Waals surface area contributed by atoms with E-state index >= 15 is 0 Å². The number of hydrogen-bond acceptors (Lipinski definition) is 4. The lowest BCUT2D eigenvalue weighted by Crippen LogP contribution is -2.33. The highest BCUT2D eigenvalue weighted by Gasteiger charge is 2.25. The van der Waals surface area contributed by atoms with Gasteiger partial charge in [0.15, 0.2) is 0 Å². The summed E-state index contributed by atoms with van der Waals surface area (Å²) < 4.78 is 7.78. The van der Waals surface area contributed by atoms with Gasteiger partial charge in [0.1, 0.15) is 6.10 Å². The highest BCUT2D eigenvalue weighted by Crippen LogP contribution is 2.31. The van der Waals surface area contributed by atoms with Crippen molar-refractivity contribution >= 4 is 0 Å². The molecule has 0 saturated heterocycles. The second-order valence-electron chi connectivity index (χ2n) is 4.56. The van der Waals surface area contributed by atoms with Crippen molar-refractivity contribution in [2.45, 2.75) is 32.5 Å². The molecule has 108 valence electrons. The van der Waals surface area contributed by atoms with Gasteiger partial charge in [-0.3, -0.25) is 10.5 Å². The molecule has 2 aromatic rings. The van der Waals surface area contributed by atoms with Crippen molar-refractivity contribution in [2.24, 2.45) is 5.84 Å². The van der Waals surface area contributed by atoms with Crippen molar-refractivity contribution in [1.82, 2.24) is 15.2 Å². The average molecular weight is 274 g/mol. The van der Waals surface area contributed by atoms with Crippen LogP contribution >= 0.6 is 0 Å². The molecule has 0 amide bonds. The number of hydrogen-bond donors (Lipinski definition) is 2. The minimum Gasteiger partial charge on any atom is -0.372 e. The summed E-state index contributed by atoms with van der Waals surface area (Å²) in [6.07, 6.45) is 3.70. The summed E-state index contributed by atoms with van der Waals surface area (Å²) in [4.78, 5) is 0. The smallest absolute Gasteiger partial charge is 0.103 e. The summed E-state index contributed by atoms with van der Waals surface area (Å²) in [5.74, 6) is 5.76. The quantitative estimate of drug-likeness (QED) is 0.600. The normalized spacial score (nSPS) is 14.2. The Morgan fingerprint density at radius 1 is 1.25 bits per heavy atom. The van der Waals surface area contributed by atoms with Gasteiger partial charge >= 0.3 is 0 Å². The third-order valence-corrected chi connectivity index (χ3v) is 3.29. The number of aryl methyl sites for hydroxylation is 1. The molecule has 20 heavy (non-hydrogen) atoms. The van der Waals surface area contributed by atoms with Crippen molar-refractivity contribution in [3.05, 3.63) is 53.9 Å². The number of aromatic nitrogens is 2. The lowest BCUT2D eigenvalue weighted by atomic mass is 9.98. The molecule has 1 aromatic heterocycles. The van der Waals surface area contributed by atoms with E-state index in [0.29, 0.717) is 6.61 Å². The van der Waals surface area contributed by atoms with Gasteiger partial charge in [0.2, 0.25) is 0 Å². The molecule has 1 aromatic carbocycles. The molecular weight excluding hydrogens is 252 g/mol. The molecular formula is C15H22N4O. The number of hydrazine groups is 1. The number of nitrogens with zero attached hydrogens (tertiary/aromatic N) is 2. The largest absolute Gasteiger partial charge is 0.372 e. The maximum absolute atomic E-state index is 5.90. The first kappa shape index (κ1) is 14.7. The van der Waals surface area contributed by atoms with E-state index in [4.69, 9.17) is 10.6 Å². The lowest BCUT2D eigenvalue weighted by molar-refractivity contribution is 0.0326. The molecule has 2 rings (SSSR count). The molecule has 2 unspecified atom stereocenters. The lowest BCUT2D eigenvalue weighted by Gasteiger charge is -2.26. The van der Waals surface area contributed by atoms with E-state index in [9.17, 15) is 0 Å². The molecule has 0 bridgehead atoms. The van der Waals surface area contributed by atoms with Gasteiger partial charge in [0, 0.05) is 24.9 Å². The molecule has 3 N–H and O–H groups in total. The monoisotopic (exact) mass is 274 g/mol. The van der Waals surface area contributed by atoms with Gasteiger partial charge in [-0.1, -0.05) is 30.3 Å². The number of rotatable bonds is 7. The van der Waals surface area contributed by atoms with Crippen molar-refractivity contribution in [2.75, 3.05) is 6.61 Å². The predicted molar refractivity (Wildman–Crippen MR) is 78.8 cm³/mol. The minimum absolute atomic E-state index is 0.127. The second kappa shape index (κ2) is 7.19. The Morgan fingerprint density at radius 2 is 2.00 bits per heavy atom. The zero-order valence-corrected chi connectivity index (χ0v) is 12.0. The minimum atomic E-state index is -0.138. The van der Waals surface area contributed by atoms with Gasteiger partial charge in [-0.15, -0.1) is 0 Å². The van der Waals surface area contributed by atoms with Gasteiger partial charge in [0.25, 0.3) is 0 Å². The molecule has 0 aliphatic heterocycles. The molecule has 0 aliphatic carbocycles. The molecule has 1 heterocycles. The molecule has 0 saturated carbocycles. The van der Waals surface area contributed by atoms with Gasteiger partial charge < -0.3 is 4.74 Å². The predicted octanol–water partition coefficient (Wildman–Crippen LogP) is 2.19. The Morgan fingerprint density at radius 3 is 2.55 bits per heavy atom. The maximum Gasteiger partial charge on any atom is 0.103 e. The van der Waals surface area contributed by atoms with E-state index in [1.807, 2.05) is 42.2 Å². The Balaban J connectivity index is 2.30. The van der Waals surface area contributed by atoms with Crippen molar-refractivity contribution < 1.29 is 4.74 Å². The van der Waals surface area contributed by atoms with Crippen LogP contribution in [0.4, 0.5) is 0 Å². The first-order valence-corrected chi connectivity index (χ1v) is 6.95. The SMILES string of the molecule is CCOC(c1ccccc1)C(NN)c1cnn(CC)c1. The highest BCUT2D eigenvalue weighted by molar-refractivity contribution is 5.23. The van der Waals surface area contributed by atoms with Crippen molar-refractivity contribution in [3.8, 4) is 0 Å². The van der Waals surface area contributed by atoms with Crippen LogP contribution in [0.3, 0.4) is 0 Å². The maximum atomic E-state index is 5.90. The number of nitrogens with one attached hydrogen (secondary N) is 1. The van der Waals surface area contributed by atoms with Crippen LogP contribution in [0, 0.1) is 0 Å². The van der Waals surface area contributed by atoms with Crippen LogP contribution in [0.1, 0.15) is 37.1 Å². The van der Waals surface area contributed by atoms with Gasteiger partial charge in [-0.2, -0.15) is 5.10 Å². The van der Waals surface area contributed by atoms with Crippen LogP contribution in [-0.4, -0.2) is 16.4 Å². The average Bonchev–Trinajstić information content (AvgIpc) is 2.97. The fraction of sp³-hybridized carbons (Fsp3) is 0.400. The first-order chi connectivity index (χ1) is 9.80. The number of benzene rings is 1. The van der Waals surface area contributed by atoms with Crippen LogP contribution in [0.5, 0.6) is 0 Å². The Hall–Kier alpha value is -1.69. The van der Waals surface area contributed by atoms with Crippen LogP contribution in [0.2, 0.25) is 0 Å². The van der Waals surface area contributed by atoms with E-state index < -0.39 is 0 Å². The van der Waals surface area contributed by atoms with E-state index in [0.717, 1.165) is 17.7 Å². The molecule has 0 radical (unpaired) electrons. The van der Waals surface area contributed by atoms with Gasteiger partial charge in [0.05, 0.1) is 12.2 Å². The molecule has 0 aliphatic rings. The Kier molecular flexibility index (Phi) is 5.29. The summed E-state index contributed by atoms with van der Waals surface area (Å²) in [5, 5.41) is 4.31. The molecule has 5 nitrogen and oxygen atoms in total. The summed E-state index contributed by atoms with van der Waals surface area (Å²) >= 11 is 0. The van der Waals surface area contributed by atoms with E-state index in [1.54, 1.807) is 0 Å². The first-order valence-electron chi connectivity index (χ1n) is 6.95. The molecule has 0 spiro atoms. The third-order valence-electron chi connectivity index (χ3n) is 3.29. The van der Waals surface area contributed by atoms with Crippen molar-refractivity contribution in [3.63, 3.8) is 0 Å². The fourth-order valence-electron chi connectivity index (χ4n) is 2.28. The van der Waals surface area contributed by atoms with Crippen molar-refractivity contribution in [1.29, 1.82) is 0 Å². The third kappa shape index (κ3) is 3.25. The Labute approximate surface area is 119 Å². The number of ether oxygens (including phenoxy) is 1. The van der Waals surface area contributed by atoms with Crippen LogP contribution in [0.25, 0.3) is 0 Å². The van der Waals surface area contributed by atoms with Crippen LogP contribution in [-0.2, 0) is 11.3 Å². The summed E-state index contributed by atoms with van der Waals surface area (Å²) in [7, 11) is 0. The summed E-state index contributed by atoms with van der Waals surface area (Å²) in [5.41, 5.74) is 4.98. The topological polar surface area (TPSA) is 65.1 Å². The molecule has 5 heteroatoms. The summed E-state index contributed by atoms with van der Waals surface area (Å²) in [6, 6.07) is 9.98. The van der Waals surface area contributed by atoms with Crippen LogP contribution in [0.15, 0.2) is 42.7 Å². The highest BCUT2D eigenvalue weighted by atomic mass is 16.5. The fourth-order valence-corrected chi connectivity index (χ4v) is 2.28. The van der Waals surface area contributed by atoms with E-state index in [-0.39, 0.29) is 12.1 Å². The zero-order chi connectivity index (χ0) is 14.4. The van der Waals surface area contributed by atoms with Gasteiger partial charge in [-0.25, -0.2) is 5.43 Å². The number of nitrogens with two attached hydrogens (primary N) is 1. The van der Waals surface area contributed by atoms with Gasteiger partial charge in [-0.05, 0) is 19.4 Å². The van der Waals surface area contributed by atoms with E-state index in [2.05, 4.69) is 29.6 Å². The Bertz CT molecular complexity index is 512. The molecule has 0 fully saturated rings.